The van der Waals surface area contributed by atoms with Gasteiger partial charge in [0.1, 0.15) is 41.7 Å². The summed E-state index contributed by atoms with van der Waals surface area (Å²) in [5.74, 6) is 0.900. The summed E-state index contributed by atoms with van der Waals surface area (Å²) in [4.78, 5) is 8.98. The molecular weight excluding hydrogens is 649 g/mol. The number of nitro benzene ring substituents is 1. The highest BCUT2D eigenvalue weighted by Crippen LogP contribution is 2.40. The number of nitro groups is 1. The van der Waals surface area contributed by atoms with E-state index in [9.17, 15) is 18.5 Å². The number of hydrogen-bond donors (Lipinski definition) is 1. The standard InChI is InChI=1S/C35H30NO.C6H5NO5S/c1-3-11-28(12-4-1)27-36(23-24-37-35-17-5-2-6-18-35,33-21-19-29-13-7-9-15-31(29)25-33)34-22-20-30-14-8-10-16-32(30)26-34;8-7(9)5-2-1-3-6(4-5)13(10,11)12/h1-22,25-26H,23-24,27H2;1-4H,(H,10,11,12)/q+1;. The lowest BCUT2D eigenvalue weighted by Gasteiger charge is -2.38. The second-order valence-corrected chi connectivity index (χ2v) is 13.2. The Hall–Kier alpha value is -5.87. The molecule has 8 nitrogen and oxygen atoms in total. The third kappa shape index (κ3) is 8.04. The van der Waals surface area contributed by atoms with E-state index in [-0.39, 0.29) is 5.69 Å². The monoisotopic (exact) mass is 683 g/mol. The van der Waals surface area contributed by atoms with Gasteiger partial charge in [0.2, 0.25) is 0 Å². The number of benzene rings is 7. The molecule has 0 aliphatic carbocycles. The van der Waals surface area contributed by atoms with Gasteiger partial charge in [0.05, 0.1) is 4.92 Å². The summed E-state index contributed by atoms with van der Waals surface area (Å²) in [7, 11) is -4.36. The van der Waals surface area contributed by atoms with Crippen molar-refractivity contribution in [3.05, 3.63) is 186 Å². The largest absolute Gasteiger partial charge is 0.488 e. The van der Waals surface area contributed by atoms with Crippen LogP contribution in [0.3, 0.4) is 0 Å². The first kappa shape index (κ1) is 34.0. The number of nitrogens with zero attached hydrogens (tertiary/aromatic N) is 2. The zero-order valence-corrected chi connectivity index (χ0v) is 27.9. The number of ether oxygens (including phenoxy) is 1. The molecular formula is C41H35N2O6S+. The van der Waals surface area contributed by atoms with Gasteiger partial charge in [-0.15, -0.1) is 0 Å². The van der Waals surface area contributed by atoms with E-state index < -0.39 is 19.9 Å². The predicted molar refractivity (Wildman–Crippen MR) is 199 cm³/mol. The second-order valence-electron chi connectivity index (χ2n) is 11.8. The van der Waals surface area contributed by atoms with Gasteiger partial charge in [0.15, 0.2) is 0 Å². The molecule has 7 aromatic carbocycles. The lowest BCUT2D eigenvalue weighted by atomic mass is 10.0. The Bertz CT molecular complexity index is 2270. The zero-order chi connectivity index (χ0) is 35.0. The van der Waals surface area contributed by atoms with Crippen molar-refractivity contribution >= 4 is 48.7 Å². The summed E-state index contributed by atoms with van der Waals surface area (Å²) in [6, 6.07) is 56.1. The first-order chi connectivity index (χ1) is 24.2. The molecule has 0 spiro atoms. The molecule has 0 saturated heterocycles. The van der Waals surface area contributed by atoms with Crippen molar-refractivity contribution < 1.29 is 22.6 Å². The normalized spacial score (nSPS) is 11.5. The molecule has 0 aromatic heterocycles. The van der Waals surface area contributed by atoms with Gasteiger partial charge < -0.3 is 4.74 Å². The summed E-state index contributed by atoms with van der Waals surface area (Å²) >= 11 is 0. The molecule has 0 atom stereocenters. The molecule has 0 aliphatic heterocycles. The molecule has 0 saturated carbocycles. The first-order valence-corrected chi connectivity index (χ1v) is 17.4. The van der Waals surface area contributed by atoms with Gasteiger partial charge in [-0.25, -0.2) is 0 Å². The Morgan fingerprint density at radius 1 is 0.600 bits per heavy atom. The summed E-state index contributed by atoms with van der Waals surface area (Å²) in [5, 5.41) is 15.2. The Morgan fingerprint density at radius 3 is 1.66 bits per heavy atom. The average Bonchev–Trinajstić information content (AvgIpc) is 3.15. The summed E-state index contributed by atoms with van der Waals surface area (Å²) in [5.41, 5.74) is 3.43. The van der Waals surface area contributed by atoms with E-state index in [0.717, 1.165) is 37.0 Å². The minimum atomic E-state index is -4.36. The van der Waals surface area contributed by atoms with Crippen LogP contribution in [-0.2, 0) is 16.7 Å². The Morgan fingerprint density at radius 2 is 1.12 bits per heavy atom. The fourth-order valence-electron chi connectivity index (χ4n) is 6.04. The molecule has 1 N–H and O–H groups in total. The van der Waals surface area contributed by atoms with Crippen molar-refractivity contribution in [2.24, 2.45) is 0 Å². The van der Waals surface area contributed by atoms with Gasteiger partial charge in [0.25, 0.3) is 15.8 Å². The number of fused-ring (bicyclic) bond motifs is 2. The van der Waals surface area contributed by atoms with E-state index in [1.54, 1.807) is 0 Å². The minimum Gasteiger partial charge on any atom is -0.488 e. The van der Waals surface area contributed by atoms with Crippen LogP contribution in [0.5, 0.6) is 5.75 Å². The van der Waals surface area contributed by atoms with Crippen LogP contribution in [0.25, 0.3) is 21.5 Å². The third-order valence-electron chi connectivity index (χ3n) is 8.56. The van der Waals surface area contributed by atoms with Gasteiger partial charge in [-0.2, -0.15) is 8.42 Å². The van der Waals surface area contributed by atoms with Gasteiger partial charge in [-0.1, -0.05) is 103 Å². The van der Waals surface area contributed by atoms with E-state index in [1.807, 2.05) is 30.3 Å². The Kier molecular flexibility index (Phi) is 10.3. The van der Waals surface area contributed by atoms with Crippen LogP contribution in [0, 0.1) is 10.1 Å². The average molecular weight is 684 g/mol. The molecule has 0 unspecified atom stereocenters. The smallest absolute Gasteiger partial charge is 0.294 e. The molecule has 0 heterocycles. The van der Waals surface area contributed by atoms with E-state index in [0.29, 0.717) is 11.1 Å². The van der Waals surface area contributed by atoms with Crippen LogP contribution in [0.15, 0.2) is 175 Å². The predicted octanol–water partition coefficient (Wildman–Crippen LogP) is 9.75. The highest BCUT2D eigenvalue weighted by molar-refractivity contribution is 7.85. The van der Waals surface area contributed by atoms with E-state index in [4.69, 9.17) is 9.29 Å². The number of rotatable bonds is 10. The Labute approximate surface area is 290 Å². The third-order valence-corrected chi connectivity index (χ3v) is 9.41. The summed E-state index contributed by atoms with van der Waals surface area (Å²) in [6.45, 7) is 2.21. The molecule has 250 valence electrons. The summed E-state index contributed by atoms with van der Waals surface area (Å²) < 4.78 is 36.6. The summed E-state index contributed by atoms with van der Waals surface area (Å²) in [6.07, 6.45) is 0. The van der Waals surface area contributed by atoms with Gasteiger partial charge in [0, 0.05) is 42.0 Å². The van der Waals surface area contributed by atoms with Crippen LogP contribution in [-0.4, -0.2) is 31.0 Å². The quantitative estimate of drug-likeness (QED) is 0.0666. The van der Waals surface area contributed by atoms with Crippen LogP contribution < -0.4 is 9.22 Å². The van der Waals surface area contributed by atoms with Crippen LogP contribution in [0.2, 0.25) is 0 Å². The van der Waals surface area contributed by atoms with Crippen molar-refractivity contribution in [3.63, 3.8) is 0 Å². The second kappa shape index (κ2) is 15.1. The van der Waals surface area contributed by atoms with Crippen LogP contribution >= 0.6 is 0 Å². The lowest BCUT2D eigenvalue weighted by Crippen LogP contribution is -2.46. The minimum absolute atomic E-state index is 0.380. The number of non-ortho nitro benzene ring substituents is 1. The van der Waals surface area contributed by atoms with Crippen LogP contribution in [0.1, 0.15) is 5.56 Å². The molecule has 50 heavy (non-hydrogen) atoms. The SMILES string of the molecule is O=[N+]([O-])c1cccc(S(=O)(=O)O)c1.c1ccc(C[N+](CCOc2ccccc2)(c2ccc3ccccc3c2)c2ccc3ccccc3c2)cc1. The topological polar surface area (TPSA) is 107 Å². The van der Waals surface area contributed by atoms with Gasteiger partial charge >= 0.3 is 0 Å². The molecule has 0 aliphatic rings. The van der Waals surface area contributed by atoms with Crippen molar-refractivity contribution in [2.45, 2.75) is 11.4 Å². The maximum absolute atomic E-state index is 10.5. The van der Waals surface area contributed by atoms with Gasteiger partial charge in [-0.3, -0.25) is 19.2 Å². The fraction of sp³-hybridized carbons (Fsp3) is 0.0732. The van der Waals surface area contributed by atoms with Crippen molar-refractivity contribution in [2.75, 3.05) is 13.2 Å². The van der Waals surface area contributed by atoms with E-state index in [2.05, 4.69) is 115 Å². The molecule has 0 amide bonds. The Balaban J connectivity index is 0.000000281. The van der Waals surface area contributed by atoms with E-state index in [1.165, 1.54) is 44.5 Å². The van der Waals surface area contributed by atoms with Crippen molar-refractivity contribution in [1.29, 1.82) is 0 Å². The van der Waals surface area contributed by atoms with Crippen LogP contribution in [0.4, 0.5) is 17.1 Å². The van der Waals surface area contributed by atoms with Gasteiger partial charge in [-0.05, 0) is 51.9 Å². The molecule has 0 bridgehead atoms. The number of quaternary nitrogens is 1. The molecule has 0 fully saturated rings. The number of hydrogen-bond acceptors (Lipinski definition) is 5. The highest BCUT2D eigenvalue weighted by atomic mass is 32.2. The lowest BCUT2D eigenvalue weighted by molar-refractivity contribution is -0.385. The van der Waals surface area contributed by atoms with E-state index >= 15 is 0 Å². The maximum atomic E-state index is 10.5. The van der Waals surface area contributed by atoms with Crippen molar-refractivity contribution in [3.8, 4) is 5.75 Å². The molecule has 9 heteroatoms. The molecule has 7 rings (SSSR count). The maximum Gasteiger partial charge on any atom is 0.294 e. The highest BCUT2D eigenvalue weighted by Gasteiger charge is 2.34. The number of para-hydroxylation sites is 1. The fourth-order valence-corrected chi connectivity index (χ4v) is 6.56. The first-order valence-electron chi connectivity index (χ1n) is 16.0. The molecule has 0 radical (unpaired) electrons. The van der Waals surface area contributed by atoms with Crippen molar-refractivity contribution in [1.82, 2.24) is 4.48 Å². The molecule has 7 aromatic rings. The zero-order valence-electron chi connectivity index (χ0n) is 27.1.